The molecular formula is C13H22O3. The van der Waals surface area contributed by atoms with Crippen molar-refractivity contribution in [3.8, 4) is 0 Å². The Morgan fingerprint density at radius 2 is 1.81 bits per heavy atom. The molecule has 0 atom stereocenters. The standard InChI is InChI=1S/C13H22O3/c1-15-13(7-3-2-4-8-13)12(14)11-5-9-16-10-6-11/h11H,2-10H2,1H3. The van der Waals surface area contributed by atoms with E-state index in [1.807, 2.05) is 0 Å². The van der Waals surface area contributed by atoms with Crippen LogP contribution < -0.4 is 0 Å². The van der Waals surface area contributed by atoms with Crippen molar-refractivity contribution in [2.45, 2.75) is 50.5 Å². The molecule has 1 heterocycles. The predicted octanol–water partition coefficient (Wildman–Crippen LogP) is 2.33. The molecule has 0 N–H and O–H groups in total. The Hall–Kier alpha value is -0.410. The largest absolute Gasteiger partial charge is 0.381 e. The summed E-state index contributed by atoms with van der Waals surface area (Å²) in [4.78, 5) is 12.5. The topological polar surface area (TPSA) is 35.5 Å². The number of hydrogen-bond donors (Lipinski definition) is 0. The van der Waals surface area contributed by atoms with Gasteiger partial charge in [0.05, 0.1) is 0 Å². The van der Waals surface area contributed by atoms with E-state index in [-0.39, 0.29) is 5.92 Å². The van der Waals surface area contributed by atoms with E-state index < -0.39 is 5.60 Å². The molecule has 92 valence electrons. The number of ketones is 1. The van der Waals surface area contributed by atoms with E-state index in [9.17, 15) is 4.79 Å². The molecule has 1 aliphatic heterocycles. The maximum absolute atomic E-state index is 12.5. The number of rotatable bonds is 3. The summed E-state index contributed by atoms with van der Waals surface area (Å²) < 4.78 is 10.9. The zero-order chi connectivity index (χ0) is 11.4. The minimum absolute atomic E-state index is 0.173. The van der Waals surface area contributed by atoms with Crippen molar-refractivity contribution < 1.29 is 14.3 Å². The predicted molar refractivity (Wildman–Crippen MR) is 61.4 cm³/mol. The molecule has 3 nitrogen and oxygen atoms in total. The molecule has 1 aliphatic carbocycles. The van der Waals surface area contributed by atoms with Crippen molar-refractivity contribution in [2.24, 2.45) is 5.92 Å². The Balaban J connectivity index is 2.04. The Kier molecular flexibility index (Phi) is 3.98. The zero-order valence-corrected chi connectivity index (χ0v) is 10.2. The molecule has 2 aliphatic rings. The second-order valence-corrected chi connectivity index (χ2v) is 5.01. The van der Waals surface area contributed by atoms with Crippen LogP contribution in [0.4, 0.5) is 0 Å². The molecule has 0 amide bonds. The van der Waals surface area contributed by atoms with Crippen LogP contribution in [0.5, 0.6) is 0 Å². The Morgan fingerprint density at radius 3 is 2.38 bits per heavy atom. The van der Waals surface area contributed by atoms with E-state index in [4.69, 9.17) is 9.47 Å². The number of carbonyl (C=O) groups is 1. The van der Waals surface area contributed by atoms with Crippen LogP contribution in [0.3, 0.4) is 0 Å². The Labute approximate surface area is 97.5 Å². The van der Waals surface area contributed by atoms with E-state index in [0.29, 0.717) is 5.78 Å². The van der Waals surface area contributed by atoms with Crippen LogP contribution in [0, 0.1) is 5.92 Å². The highest BCUT2D eigenvalue weighted by Gasteiger charge is 2.42. The van der Waals surface area contributed by atoms with Gasteiger partial charge < -0.3 is 9.47 Å². The van der Waals surface area contributed by atoms with Gasteiger partial charge in [0, 0.05) is 26.2 Å². The average Bonchev–Trinajstić information content (AvgIpc) is 2.39. The molecule has 2 fully saturated rings. The molecular weight excluding hydrogens is 204 g/mol. The monoisotopic (exact) mass is 226 g/mol. The van der Waals surface area contributed by atoms with Crippen LogP contribution in [-0.2, 0) is 14.3 Å². The van der Waals surface area contributed by atoms with Gasteiger partial charge in [-0.15, -0.1) is 0 Å². The molecule has 0 aromatic carbocycles. The first-order chi connectivity index (χ1) is 7.78. The summed E-state index contributed by atoms with van der Waals surface area (Å²) in [6, 6.07) is 0. The van der Waals surface area contributed by atoms with Crippen LogP contribution >= 0.6 is 0 Å². The van der Waals surface area contributed by atoms with Gasteiger partial charge in [0.15, 0.2) is 5.78 Å². The fourth-order valence-electron chi connectivity index (χ4n) is 3.01. The van der Waals surface area contributed by atoms with Gasteiger partial charge in [0.1, 0.15) is 5.60 Å². The second kappa shape index (κ2) is 5.28. The second-order valence-electron chi connectivity index (χ2n) is 5.01. The zero-order valence-electron chi connectivity index (χ0n) is 10.2. The highest BCUT2D eigenvalue weighted by molar-refractivity contribution is 5.89. The van der Waals surface area contributed by atoms with E-state index in [1.54, 1.807) is 7.11 Å². The van der Waals surface area contributed by atoms with Crippen molar-refractivity contribution in [2.75, 3.05) is 20.3 Å². The van der Waals surface area contributed by atoms with Gasteiger partial charge in [0.25, 0.3) is 0 Å². The van der Waals surface area contributed by atoms with Gasteiger partial charge >= 0.3 is 0 Å². The van der Waals surface area contributed by atoms with Gasteiger partial charge in [-0.05, 0) is 25.7 Å². The number of ether oxygens (including phenoxy) is 2. The lowest BCUT2D eigenvalue weighted by Crippen LogP contribution is -2.47. The summed E-state index contributed by atoms with van der Waals surface area (Å²) in [6.07, 6.45) is 7.09. The first kappa shape index (κ1) is 12.1. The fourth-order valence-corrected chi connectivity index (χ4v) is 3.01. The average molecular weight is 226 g/mol. The van der Waals surface area contributed by atoms with Gasteiger partial charge in [-0.25, -0.2) is 0 Å². The van der Waals surface area contributed by atoms with Crippen molar-refractivity contribution in [3.05, 3.63) is 0 Å². The minimum atomic E-state index is -0.458. The maximum Gasteiger partial charge on any atom is 0.167 e. The van der Waals surface area contributed by atoms with Crippen LogP contribution in [0.25, 0.3) is 0 Å². The van der Waals surface area contributed by atoms with Crippen LogP contribution in [-0.4, -0.2) is 31.7 Å². The summed E-state index contributed by atoms with van der Waals surface area (Å²) in [7, 11) is 1.70. The Morgan fingerprint density at radius 1 is 1.19 bits per heavy atom. The van der Waals surface area contributed by atoms with E-state index in [2.05, 4.69) is 0 Å². The lowest BCUT2D eigenvalue weighted by atomic mass is 9.75. The molecule has 16 heavy (non-hydrogen) atoms. The van der Waals surface area contributed by atoms with Gasteiger partial charge in [-0.2, -0.15) is 0 Å². The summed E-state index contributed by atoms with van der Waals surface area (Å²) in [5.41, 5.74) is -0.458. The summed E-state index contributed by atoms with van der Waals surface area (Å²) in [5.74, 6) is 0.518. The fraction of sp³-hybridized carbons (Fsp3) is 0.923. The third-order valence-corrected chi connectivity index (χ3v) is 4.09. The molecule has 3 heteroatoms. The molecule has 0 spiro atoms. The van der Waals surface area contributed by atoms with Crippen molar-refractivity contribution >= 4 is 5.78 Å². The normalized spacial score (nSPS) is 26.6. The van der Waals surface area contributed by atoms with Crippen molar-refractivity contribution in [1.82, 2.24) is 0 Å². The number of carbonyl (C=O) groups excluding carboxylic acids is 1. The molecule has 0 aromatic heterocycles. The Bertz CT molecular complexity index is 238. The van der Waals surface area contributed by atoms with E-state index in [1.165, 1.54) is 6.42 Å². The van der Waals surface area contributed by atoms with Crippen LogP contribution in [0.15, 0.2) is 0 Å². The third kappa shape index (κ3) is 2.30. The molecule has 0 bridgehead atoms. The van der Waals surface area contributed by atoms with Gasteiger partial charge in [0.2, 0.25) is 0 Å². The maximum atomic E-state index is 12.5. The summed E-state index contributed by atoms with van der Waals surface area (Å²) >= 11 is 0. The molecule has 0 radical (unpaired) electrons. The van der Waals surface area contributed by atoms with Crippen LogP contribution in [0.2, 0.25) is 0 Å². The highest BCUT2D eigenvalue weighted by Crippen LogP contribution is 2.36. The number of hydrogen-bond acceptors (Lipinski definition) is 3. The molecule has 0 unspecified atom stereocenters. The van der Waals surface area contributed by atoms with Gasteiger partial charge in [-0.3, -0.25) is 4.79 Å². The third-order valence-electron chi connectivity index (χ3n) is 4.09. The van der Waals surface area contributed by atoms with Crippen molar-refractivity contribution in [1.29, 1.82) is 0 Å². The molecule has 2 rings (SSSR count). The minimum Gasteiger partial charge on any atom is -0.381 e. The smallest absolute Gasteiger partial charge is 0.167 e. The van der Waals surface area contributed by atoms with Gasteiger partial charge in [-0.1, -0.05) is 19.3 Å². The summed E-state index contributed by atoms with van der Waals surface area (Å²) in [6.45, 7) is 1.46. The first-order valence-corrected chi connectivity index (χ1v) is 6.46. The number of methoxy groups -OCH3 is 1. The number of Topliss-reactive ketones (excluding diaryl/α,β-unsaturated/α-hetero) is 1. The lowest BCUT2D eigenvalue weighted by Gasteiger charge is -2.38. The van der Waals surface area contributed by atoms with Crippen molar-refractivity contribution in [3.63, 3.8) is 0 Å². The molecule has 0 aromatic rings. The van der Waals surface area contributed by atoms with E-state index in [0.717, 1.165) is 51.7 Å². The lowest BCUT2D eigenvalue weighted by molar-refractivity contribution is -0.152. The SMILES string of the molecule is COC1(C(=O)C2CCOCC2)CCCCC1. The highest BCUT2D eigenvalue weighted by atomic mass is 16.5. The quantitative estimate of drug-likeness (QED) is 0.741. The van der Waals surface area contributed by atoms with Crippen LogP contribution in [0.1, 0.15) is 44.9 Å². The summed E-state index contributed by atoms with van der Waals surface area (Å²) in [5, 5.41) is 0. The molecule has 1 saturated heterocycles. The first-order valence-electron chi connectivity index (χ1n) is 6.46. The van der Waals surface area contributed by atoms with E-state index >= 15 is 0 Å². The molecule has 1 saturated carbocycles.